The smallest absolute Gasteiger partial charge is 0.183 e. The molecule has 6 unspecified atom stereocenters. The van der Waals surface area contributed by atoms with Gasteiger partial charge in [0, 0.05) is 18.6 Å². The second-order valence-corrected chi connectivity index (χ2v) is 20.4. The summed E-state index contributed by atoms with van der Waals surface area (Å²) in [7, 11) is -1.48. The van der Waals surface area contributed by atoms with Gasteiger partial charge < -0.3 is 33.6 Å². The molecule has 3 aliphatic rings. The summed E-state index contributed by atoms with van der Waals surface area (Å²) < 4.78 is 33.3. The van der Waals surface area contributed by atoms with E-state index in [0.29, 0.717) is 32.7 Å². The summed E-state index contributed by atoms with van der Waals surface area (Å²) in [5.41, 5.74) is -0.816. The number of rotatable bonds is 19. The summed E-state index contributed by atoms with van der Waals surface area (Å²) in [4.78, 5) is 0. The normalized spacial score (nSPS) is 28.4. The van der Waals surface area contributed by atoms with Gasteiger partial charge in [0.05, 0.1) is 19.8 Å². The van der Waals surface area contributed by atoms with Crippen LogP contribution in [0, 0.1) is 5.41 Å². The van der Waals surface area contributed by atoms with Crippen molar-refractivity contribution in [1.29, 1.82) is 0 Å². The molecule has 6 rings (SSSR count). The summed E-state index contributed by atoms with van der Waals surface area (Å²) >= 11 is 0. The van der Waals surface area contributed by atoms with Crippen LogP contribution in [-0.4, -0.2) is 67.4 Å². The lowest BCUT2D eigenvalue weighted by Gasteiger charge is -2.46. The summed E-state index contributed by atoms with van der Waals surface area (Å²) in [6.07, 6.45) is 6.58. The standard InChI is InChI=1S/C43H60O7Si/c1-51(2,3)50-30-20-6-4-5-19-29-46-39-37(47-31-34-21-11-7-12-22-34)38(48-32-35-23-13-8-14-24-35)40(49-33-36-25-15-9-16-26-36)43(45)41(42(39,43)44)27-17-10-18-28-41/h7-9,11-16,21-26,37-40,44-45H,4-6,10,17-20,27-33H2,1-3H3. The van der Waals surface area contributed by atoms with E-state index in [1.54, 1.807) is 0 Å². The number of ether oxygens (including phenoxy) is 4. The van der Waals surface area contributed by atoms with E-state index in [0.717, 1.165) is 74.7 Å². The molecule has 3 aromatic carbocycles. The van der Waals surface area contributed by atoms with E-state index in [4.69, 9.17) is 23.4 Å². The predicted molar refractivity (Wildman–Crippen MR) is 203 cm³/mol. The van der Waals surface area contributed by atoms with Crippen molar-refractivity contribution in [3.8, 4) is 0 Å². The zero-order chi connectivity index (χ0) is 35.8. The number of unbranched alkanes of at least 4 members (excludes halogenated alkanes) is 4. The molecular weight excluding hydrogens is 657 g/mol. The lowest BCUT2D eigenvalue weighted by molar-refractivity contribution is -0.272. The van der Waals surface area contributed by atoms with Gasteiger partial charge in [-0.2, -0.15) is 0 Å². The van der Waals surface area contributed by atoms with Crippen molar-refractivity contribution in [1.82, 2.24) is 0 Å². The van der Waals surface area contributed by atoms with Crippen molar-refractivity contribution in [2.24, 2.45) is 5.41 Å². The Bertz CT molecular complexity index is 1460. The molecule has 7 nitrogen and oxygen atoms in total. The lowest BCUT2D eigenvalue weighted by Crippen LogP contribution is -2.66. The third-order valence-electron chi connectivity index (χ3n) is 11.4. The molecule has 51 heavy (non-hydrogen) atoms. The first-order chi connectivity index (χ1) is 24.7. The van der Waals surface area contributed by atoms with Crippen LogP contribution in [0.15, 0.2) is 91.0 Å². The van der Waals surface area contributed by atoms with Crippen LogP contribution in [0.3, 0.4) is 0 Å². The number of benzene rings is 3. The van der Waals surface area contributed by atoms with Gasteiger partial charge in [-0.25, -0.2) is 0 Å². The molecule has 6 atom stereocenters. The number of aliphatic hydroxyl groups is 2. The van der Waals surface area contributed by atoms with Gasteiger partial charge in [-0.15, -0.1) is 0 Å². The van der Waals surface area contributed by atoms with Crippen molar-refractivity contribution in [2.45, 2.75) is 139 Å². The number of fused-ring (bicyclic) bond motifs is 3. The molecule has 2 N–H and O–H groups in total. The minimum absolute atomic E-state index is 0.283. The largest absolute Gasteiger partial charge is 0.418 e. The Morgan fingerprint density at radius 3 is 1.41 bits per heavy atom. The van der Waals surface area contributed by atoms with Gasteiger partial charge in [0.15, 0.2) is 8.32 Å². The molecule has 0 aliphatic heterocycles. The van der Waals surface area contributed by atoms with Crippen LogP contribution in [0.5, 0.6) is 0 Å². The molecule has 0 bridgehead atoms. The average Bonchev–Trinajstić information content (AvgIpc) is 3.56. The van der Waals surface area contributed by atoms with Gasteiger partial charge in [0.1, 0.15) is 35.6 Å². The second-order valence-electron chi connectivity index (χ2n) is 15.9. The van der Waals surface area contributed by atoms with Crippen molar-refractivity contribution < 1.29 is 33.6 Å². The Morgan fingerprint density at radius 1 is 0.529 bits per heavy atom. The molecule has 1 spiro atoms. The van der Waals surface area contributed by atoms with Crippen molar-refractivity contribution in [3.63, 3.8) is 0 Å². The Kier molecular flexibility index (Phi) is 12.9. The first kappa shape index (κ1) is 38.3. The van der Waals surface area contributed by atoms with Gasteiger partial charge in [-0.3, -0.25) is 0 Å². The highest BCUT2D eigenvalue weighted by molar-refractivity contribution is 6.69. The molecular formula is C43H60O7Si. The van der Waals surface area contributed by atoms with E-state index in [9.17, 15) is 10.2 Å². The minimum atomic E-state index is -1.55. The van der Waals surface area contributed by atoms with Gasteiger partial charge >= 0.3 is 0 Å². The summed E-state index contributed by atoms with van der Waals surface area (Å²) in [5.74, 6) is 0. The Labute approximate surface area is 306 Å². The Morgan fingerprint density at radius 2 is 0.941 bits per heavy atom. The molecule has 0 aromatic heterocycles. The van der Waals surface area contributed by atoms with Crippen molar-refractivity contribution in [3.05, 3.63) is 108 Å². The topological polar surface area (TPSA) is 86.6 Å². The average molecular weight is 717 g/mol. The van der Waals surface area contributed by atoms with Crippen molar-refractivity contribution >= 4 is 8.32 Å². The first-order valence-corrected chi connectivity index (χ1v) is 22.8. The van der Waals surface area contributed by atoms with Gasteiger partial charge in [0.2, 0.25) is 0 Å². The molecule has 0 saturated heterocycles. The SMILES string of the molecule is C[Si](C)(C)OCCCCCCCOC1C(OCc2ccccc2)C(OCc2ccccc2)C(OCc2ccccc2)C2(O)C3(CCCCC3)C12O. The maximum absolute atomic E-state index is 13.0. The van der Waals surface area contributed by atoms with Crippen LogP contribution in [0.1, 0.15) is 80.9 Å². The third kappa shape index (κ3) is 8.39. The lowest BCUT2D eigenvalue weighted by atomic mass is 9.81. The fourth-order valence-corrected chi connectivity index (χ4v) is 9.59. The van der Waals surface area contributed by atoms with E-state index in [2.05, 4.69) is 19.6 Å². The molecule has 3 fully saturated rings. The van der Waals surface area contributed by atoms with Crippen LogP contribution in [0.2, 0.25) is 19.6 Å². The zero-order valence-electron chi connectivity index (χ0n) is 31.0. The van der Waals surface area contributed by atoms with E-state index in [1.807, 2.05) is 91.0 Å². The highest BCUT2D eigenvalue weighted by atomic mass is 28.4. The van der Waals surface area contributed by atoms with Crippen molar-refractivity contribution in [2.75, 3.05) is 13.2 Å². The molecule has 0 heterocycles. The number of hydrogen-bond donors (Lipinski definition) is 2. The van der Waals surface area contributed by atoms with Crippen LogP contribution in [0.4, 0.5) is 0 Å². The highest BCUT2D eigenvalue weighted by Crippen LogP contribution is 2.77. The first-order valence-electron chi connectivity index (χ1n) is 19.4. The molecule has 8 heteroatoms. The van der Waals surface area contributed by atoms with Gasteiger partial charge in [0.25, 0.3) is 0 Å². The van der Waals surface area contributed by atoms with E-state index < -0.39 is 49.4 Å². The summed E-state index contributed by atoms with van der Waals surface area (Å²) in [6, 6.07) is 30.2. The molecule has 3 aliphatic carbocycles. The molecule has 3 aromatic rings. The third-order valence-corrected chi connectivity index (χ3v) is 12.5. The Hall–Kier alpha value is -2.40. The monoisotopic (exact) mass is 716 g/mol. The highest BCUT2D eigenvalue weighted by Gasteiger charge is 2.95. The second kappa shape index (κ2) is 17.2. The van der Waals surface area contributed by atoms with Crippen LogP contribution in [0.25, 0.3) is 0 Å². The Balaban J connectivity index is 1.27. The van der Waals surface area contributed by atoms with Crippen LogP contribution in [-0.2, 0) is 43.2 Å². The van der Waals surface area contributed by atoms with Crippen LogP contribution >= 0.6 is 0 Å². The maximum Gasteiger partial charge on any atom is 0.183 e. The fourth-order valence-electron chi connectivity index (χ4n) is 8.84. The molecule has 0 radical (unpaired) electrons. The van der Waals surface area contributed by atoms with Crippen LogP contribution < -0.4 is 0 Å². The van der Waals surface area contributed by atoms with Gasteiger partial charge in [-0.1, -0.05) is 130 Å². The van der Waals surface area contributed by atoms with E-state index in [-0.39, 0.29) is 6.61 Å². The molecule has 0 amide bonds. The maximum atomic E-state index is 13.0. The number of hydrogen-bond acceptors (Lipinski definition) is 7. The fraction of sp³-hybridized carbons (Fsp3) is 0.581. The van der Waals surface area contributed by atoms with E-state index in [1.165, 1.54) is 0 Å². The predicted octanol–water partition coefficient (Wildman–Crippen LogP) is 8.37. The molecule has 3 saturated carbocycles. The van der Waals surface area contributed by atoms with Gasteiger partial charge in [-0.05, 0) is 62.0 Å². The van der Waals surface area contributed by atoms with E-state index >= 15 is 0 Å². The minimum Gasteiger partial charge on any atom is -0.418 e. The zero-order valence-corrected chi connectivity index (χ0v) is 32.0. The summed E-state index contributed by atoms with van der Waals surface area (Å²) in [6.45, 7) is 8.91. The molecule has 278 valence electrons. The summed E-state index contributed by atoms with van der Waals surface area (Å²) in [5, 5.41) is 26.1. The quantitative estimate of drug-likeness (QED) is 0.0953.